The molecular formula is C15H23BrN2O2S. The highest BCUT2D eigenvalue weighted by Gasteiger charge is 2.63. The second kappa shape index (κ2) is 5.99. The lowest BCUT2D eigenvalue weighted by molar-refractivity contribution is -0.178. The van der Waals surface area contributed by atoms with E-state index in [1.165, 1.54) is 0 Å². The predicted octanol–water partition coefficient (Wildman–Crippen LogP) is 3.00. The van der Waals surface area contributed by atoms with Crippen LogP contribution in [0.4, 0.5) is 0 Å². The van der Waals surface area contributed by atoms with Gasteiger partial charge in [0.1, 0.15) is 5.54 Å². The summed E-state index contributed by atoms with van der Waals surface area (Å²) in [7, 11) is 1.81. The number of nitrogens with zero attached hydrogens (tertiary/aromatic N) is 1. The van der Waals surface area contributed by atoms with Gasteiger partial charge in [-0.25, -0.2) is 0 Å². The Balaban J connectivity index is 2.05. The van der Waals surface area contributed by atoms with Gasteiger partial charge < -0.3 is 15.4 Å². The van der Waals surface area contributed by atoms with E-state index in [1.807, 2.05) is 39.3 Å². The van der Waals surface area contributed by atoms with Crippen LogP contribution in [-0.4, -0.2) is 36.1 Å². The van der Waals surface area contributed by atoms with Gasteiger partial charge in [0.05, 0.1) is 12.6 Å². The smallest absolute Gasteiger partial charge is 0.243 e. The van der Waals surface area contributed by atoms with Crippen molar-refractivity contribution in [2.24, 2.45) is 11.1 Å². The second-order valence-electron chi connectivity index (χ2n) is 6.23. The maximum Gasteiger partial charge on any atom is 0.243 e. The molecule has 2 atom stereocenters. The monoisotopic (exact) mass is 374 g/mol. The zero-order valence-electron chi connectivity index (χ0n) is 13.0. The molecule has 1 fully saturated rings. The lowest BCUT2D eigenvalue weighted by atomic mass is 9.54. The Hall–Kier alpha value is -0.430. The summed E-state index contributed by atoms with van der Waals surface area (Å²) in [5, 5.41) is 2.02. The summed E-state index contributed by atoms with van der Waals surface area (Å²) in [6.45, 7) is 7.24. The molecule has 4 nitrogen and oxygen atoms in total. The standard InChI is InChI=1S/C15H23BrN2O2S/c1-5-20-12-7-15(17,14(12,2)3)13(19)18(4)8-11-6-10(16)9-21-11/h6,9,12H,5,7-8,17H2,1-4H3. The minimum Gasteiger partial charge on any atom is -0.378 e. The van der Waals surface area contributed by atoms with Crippen molar-refractivity contribution < 1.29 is 9.53 Å². The maximum absolute atomic E-state index is 12.8. The molecule has 2 N–H and O–H groups in total. The number of nitrogens with two attached hydrogens (primary N) is 1. The number of rotatable bonds is 5. The Bertz CT molecular complexity index is 531. The number of hydrogen-bond donors (Lipinski definition) is 1. The van der Waals surface area contributed by atoms with Crippen LogP contribution in [0.15, 0.2) is 15.9 Å². The summed E-state index contributed by atoms with van der Waals surface area (Å²) in [6.07, 6.45) is 0.645. The van der Waals surface area contributed by atoms with Crippen LogP contribution < -0.4 is 5.73 Å². The van der Waals surface area contributed by atoms with E-state index in [2.05, 4.69) is 15.9 Å². The SMILES string of the molecule is CCOC1CC(N)(C(=O)N(C)Cc2cc(Br)cs2)C1(C)C. The average molecular weight is 375 g/mol. The molecule has 1 heterocycles. The lowest BCUT2D eigenvalue weighted by Crippen LogP contribution is -2.75. The Morgan fingerprint density at radius 1 is 1.62 bits per heavy atom. The molecule has 1 aromatic rings. The van der Waals surface area contributed by atoms with Gasteiger partial charge in [-0.05, 0) is 28.9 Å². The molecule has 1 aliphatic carbocycles. The van der Waals surface area contributed by atoms with E-state index in [-0.39, 0.29) is 17.4 Å². The molecular weight excluding hydrogens is 352 g/mol. The molecule has 0 bridgehead atoms. The summed E-state index contributed by atoms with van der Waals surface area (Å²) < 4.78 is 6.73. The normalized spacial score (nSPS) is 27.2. The van der Waals surface area contributed by atoms with Gasteiger partial charge in [-0.2, -0.15) is 0 Å². The van der Waals surface area contributed by atoms with Crippen LogP contribution in [0.3, 0.4) is 0 Å². The zero-order valence-corrected chi connectivity index (χ0v) is 15.4. The van der Waals surface area contributed by atoms with E-state index in [0.29, 0.717) is 19.6 Å². The highest BCUT2D eigenvalue weighted by Crippen LogP contribution is 2.50. The molecule has 21 heavy (non-hydrogen) atoms. The molecule has 1 saturated carbocycles. The third-order valence-electron chi connectivity index (χ3n) is 4.57. The van der Waals surface area contributed by atoms with Gasteiger partial charge in [0, 0.05) is 40.2 Å². The van der Waals surface area contributed by atoms with Gasteiger partial charge in [0.2, 0.25) is 5.91 Å². The van der Waals surface area contributed by atoms with Crippen molar-refractivity contribution in [2.45, 2.75) is 45.4 Å². The first kappa shape index (κ1) is 16.9. The van der Waals surface area contributed by atoms with Crippen molar-refractivity contribution >= 4 is 33.2 Å². The van der Waals surface area contributed by atoms with Crippen LogP contribution in [0.5, 0.6) is 0 Å². The number of ether oxygens (including phenoxy) is 1. The molecule has 1 amide bonds. The molecule has 2 unspecified atom stereocenters. The number of carbonyl (C=O) groups is 1. The number of amides is 1. The van der Waals surface area contributed by atoms with Gasteiger partial charge in [-0.3, -0.25) is 4.79 Å². The van der Waals surface area contributed by atoms with E-state index >= 15 is 0 Å². The molecule has 2 rings (SSSR count). The van der Waals surface area contributed by atoms with Gasteiger partial charge in [-0.15, -0.1) is 11.3 Å². The fraction of sp³-hybridized carbons (Fsp3) is 0.667. The van der Waals surface area contributed by atoms with Crippen molar-refractivity contribution in [1.29, 1.82) is 0 Å². The Labute approximate surface area is 138 Å². The summed E-state index contributed by atoms with van der Waals surface area (Å²) in [5.41, 5.74) is 5.25. The van der Waals surface area contributed by atoms with Gasteiger partial charge >= 0.3 is 0 Å². The Morgan fingerprint density at radius 2 is 2.29 bits per heavy atom. The Morgan fingerprint density at radius 3 is 2.76 bits per heavy atom. The van der Waals surface area contributed by atoms with Crippen LogP contribution in [-0.2, 0) is 16.1 Å². The fourth-order valence-electron chi connectivity index (χ4n) is 2.88. The molecule has 0 aliphatic heterocycles. The number of halogens is 1. The molecule has 0 radical (unpaired) electrons. The van der Waals surface area contributed by atoms with Crippen LogP contribution in [0, 0.1) is 5.41 Å². The van der Waals surface area contributed by atoms with E-state index in [1.54, 1.807) is 16.2 Å². The third-order valence-corrected chi connectivity index (χ3v) is 6.26. The number of likely N-dealkylation sites (N-methyl/N-ethyl adjacent to an activating group) is 1. The van der Waals surface area contributed by atoms with Crippen molar-refractivity contribution in [2.75, 3.05) is 13.7 Å². The van der Waals surface area contributed by atoms with Crippen LogP contribution >= 0.6 is 27.3 Å². The van der Waals surface area contributed by atoms with Gasteiger partial charge in [0.25, 0.3) is 0 Å². The van der Waals surface area contributed by atoms with Crippen molar-refractivity contribution in [3.63, 3.8) is 0 Å². The molecule has 1 aliphatic rings. The van der Waals surface area contributed by atoms with E-state index in [4.69, 9.17) is 10.5 Å². The largest absolute Gasteiger partial charge is 0.378 e. The van der Waals surface area contributed by atoms with Crippen molar-refractivity contribution in [3.8, 4) is 0 Å². The third kappa shape index (κ3) is 2.91. The summed E-state index contributed by atoms with van der Waals surface area (Å²) in [4.78, 5) is 15.6. The van der Waals surface area contributed by atoms with Crippen LogP contribution in [0.2, 0.25) is 0 Å². The minimum atomic E-state index is -0.837. The molecule has 1 aromatic heterocycles. The minimum absolute atomic E-state index is 0.00650. The number of carbonyl (C=O) groups excluding carboxylic acids is 1. The summed E-state index contributed by atoms with van der Waals surface area (Å²) in [5.74, 6) is -0.00650. The van der Waals surface area contributed by atoms with Gasteiger partial charge in [0.15, 0.2) is 0 Å². The predicted molar refractivity (Wildman–Crippen MR) is 89.2 cm³/mol. The molecule has 0 spiro atoms. The molecule has 118 valence electrons. The summed E-state index contributed by atoms with van der Waals surface area (Å²) in [6, 6.07) is 2.03. The van der Waals surface area contributed by atoms with Crippen LogP contribution in [0.25, 0.3) is 0 Å². The number of thiophene rings is 1. The van der Waals surface area contributed by atoms with Crippen molar-refractivity contribution in [3.05, 3.63) is 20.8 Å². The second-order valence-corrected chi connectivity index (χ2v) is 8.15. The maximum atomic E-state index is 12.8. The summed E-state index contributed by atoms with van der Waals surface area (Å²) >= 11 is 5.07. The average Bonchev–Trinajstić information content (AvgIpc) is 2.82. The zero-order chi connectivity index (χ0) is 15.8. The number of hydrogen-bond acceptors (Lipinski definition) is 4. The topological polar surface area (TPSA) is 55.6 Å². The Kier molecular flexibility index (Phi) is 4.83. The molecule has 0 saturated heterocycles. The van der Waals surface area contributed by atoms with Crippen molar-refractivity contribution in [1.82, 2.24) is 4.90 Å². The van der Waals surface area contributed by atoms with E-state index in [9.17, 15) is 4.79 Å². The highest BCUT2D eigenvalue weighted by atomic mass is 79.9. The van der Waals surface area contributed by atoms with E-state index in [0.717, 1.165) is 9.35 Å². The molecule has 0 aromatic carbocycles. The van der Waals surface area contributed by atoms with Gasteiger partial charge in [-0.1, -0.05) is 13.8 Å². The van der Waals surface area contributed by atoms with E-state index < -0.39 is 5.54 Å². The first-order valence-corrected chi connectivity index (χ1v) is 8.78. The highest BCUT2D eigenvalue weighted by molar-refractivity contribution is 9.10. The quantitative estimate of drug-likeness (QED) is 0.861. The van der Waals surface area contributed by atoms with Crippen LogP contribution in [0.1, 0.15) is 32.1 Å². The molecule has 6 heteroatoms. The first-order valence-electron chi connectivity index (χ1n) is 7.11. The first-order chi connectivity index (χ1) is 9.72. The fourth-order valence-corrected chi connectivity index (χ4v) is 4.38. The lowest BCUT2D eigenvalue weighted by Gasteiger charge is -2.58.